The topological polar surface area (TPSA) is 20.3 Å². The average molecular weight is 248 g/mol. The van der Waals surface area contributed by atoms with Crippen LogP contribution in [0.3, 0.4) is 0 Å². The quantitative estimate of drug-likeness (QED) is 0.702. The van der Waals surface area contributed by atoms with Crippen LogP contribution in [0.4, 0.5) is 0 Å². The number of carbonyl (C=O) groups excluding carboxylic acids is 1. The normalized spacial score (nSPS) is 21.4. The summed E-state index contributed by atoms with van der Waals surface area (Å²) >= 11 is 3.44. The molecule has 1 aliphatic rings. The summed E-state index contributed by atoms with van der Waals surface area (Å²) in [6.07, 6.45) is 4.23. The maximum atomic E-state index is 11.6. The number of hydrogen-bond acceptors (Lipinski definition) is 1. The van der Waals surface area contributed by atoms with Gasteiger partial charge in [-0.15, -0.1) is 0 Å². The Kier molecular flexibility index (Phi) is 4.78. The van der Waals surface area contributed by atoms with Crippen LogP contribution >= 0.6 is 15.9 Å². The van der Waals surface area contributed by atoms with Gasteiger partial charge in [0.1, 0.15) is 0 Å². The minimum Gasteiger partial charge on any atom is -0.342 e. The van der Waals surface area contributed by atoms with Crippen molar-refractivity contribution in [3.63, 3.8) is 0 Å². The van der Waals surface area contributed by atoms with Crippen LogP contribution in [-0.2, 0) is 4.79 Å². The van der Waals surface area contributed by atoms with Gasteiger partial charge in [-0.25, -0.2) is 0 Å². The Morgan fingerprint density at radius 1 is 1.46 bits per heavy atom. The fraction of sp³-hybridized carbons (Fsp3) is 0.900. The van der Waals surface area contributed by atoms with E-state index in [4.69, 9.17) is 0 Å². The summed E-state index contributed by atoms with van der Waals surface area (Å²) in [4.78, 5) is 13.6. The summed E-state index contributed by atoms with van der Waals surface area (Å²) in [6, 6.07) is 0. The van der Waals surface area contributed by atoms with Crippen molar-refractivity contribution in [3.05, 3.63) is 0 Å². The van der Waals surface area contributed by atoms with E-state index in [1.54, 1.807) is 0 Å². The van der Waals surface area contributed by atoms with Gasteiger partial charge in [0.15, 0.2) is 0 Å². The summed E-state index contributed by atoms with van der Waals surface area (Å²) < 4.78 is 0. The highest BCUT2D eigenvalue weighted by Crippen LogP contribution is 2.13. The molecule has 0 aromatic heterocycles. The number of halogens is 1. The molecule has 1 atom stereocenters. The third-order valence-corrected chi connectivity index (χ3v) is 3.57. The molecule has 76 valence electrons. The molecule has 1 heterocycles. The van der Waals surface area contributed by atoms with Gasteiger partial charge in [-0.05, 0) is 18.8 Å². The van der Waals surface area contributed by atoms with Crippen molar-refractivity contribution in [3.8, 4) is 0 Å². The zero-order chi connectivity index (χ0) is 9.68. The number of amides is 1. The lowest BCUT2D eigenvalue weighted by molar-refractivity contribution is -0.131. The standard InChI is InChI=1S/C10H18BrNO/c1-9(7-11)8-12-6-4-2-3-5-10(12)13/h9H,2-8H2,1H3. The first-order valence-electron chi connectivity index (χ1n) is 5.07. The van der Waals surface area contributed by atoms with Crippen LogP contribution in [0.2, 0.25) is 0 Å². The van der Waals surface area contributed by atoms with Crippen molar-refractivity contribution < 1.29 is 4.79 Å². The Balaban J connectivity index is 2.40. The number of nitrogens with zero attached hydrogens (tertiary/aromatic N) is 1. The molecule has 1 fully saturated rings. The third-order valence-electron chi connectivity index (χ3n) is 2.47. The van der Waals surface area contributed by atoms with Gasteiger partial charge in [-0.3, -0.25) is 4.79 Å². The van der Waals surface area contributed by atoms with Gasteiger partial charge >= 0.3 is 0 Å². The Morgan fingerprint density at radius 3 is 2.92 bits per heavy atom. The van der Waals surface area contributed by atoms with Crippen molar-refractivity contribution >= 4 is 21.8 Å². The van der Waals surface area contributed by atoms with Gasteiger partial charge in [-0.1, -0.05) is 29.3 Å². The van der Waals surface area contributed by atoms with E-state index in [0.717, 1.165) is 31.3 Å². The summed E-state index contributed by atoms with van der Waals surface area (Å²) in [7, 11) is 0. The van der Waals surface area contributed by atoms with Crippen molar-refractivity contribution in [1.29, 1.82) is 0 Å². The average Bonchev–Trinajstić information content (AvgIpc) is 2.32. The van der Waals surface area contributed by atoms with E-state index in [0.29, 0.717) is 11.8 Å². The van der Waals surface area contributed by atoms with Crippen LogP contribution in [-0.4, -0.2) is 29.2 Å². The summed E-state index contributed by atoms with van der Waals surface area (Å²) in [5.74, 6) is 0.923. The molecule has 1 aliphatic heterocycles. The highest BCUT2D eigenvalue weighted by molar-refractivity contribution is 9.09. The molecule has 0 bridgehead atoms. The van der Waals surface area contributed by atoms with Gasteiger partial charge in [0.25, 0.3) is 0 Å². The molecule has 0 aromatic carbocycles. The highest BCUT2D eigenvalue weighted by Gasteiger charge is 2.17. The van der Waals surface area contributed by atoms with E-state index in [9.17, 15) is 4.79 Å². The van der Waals surface area contributed by atoms with Gasteiger partial charge in [0.05, 0.1) is 0 Å². The van der Waals surface area contributed by atoms with Crippen molar-refractivity contribution in [1.82, 2.24) is 4.90 Å². The predicted octanol–water partition coefficient (Wildman–Crippen LogP) is 2.42. The van der Waals surface area contributed by atoms with Gasteiger partial charge < -0.3 is 4.90 Å². The van der Waals surface area contributed by atoms with E-state index in [1.165, 1.54) is 12.8 Å². The lowest BCUT2D eigenvalue weighted by Gasteiger charge is -2.23. The van der Waals surface area contributed by atoms with E-state index in [2.05, 4.69) is 22.9 Å². The summed E-state index contributed by atoms with van der Waals surface area (Å²) in [6.45, 7) is 4.06. The first-order valence-corrected chi connectivity index (χ1v) is 6.20. The largest absolute Gasteiger partial charge is 0.342 e. The maximum absolute atomic E-state index is 11.6. The van der Waals surface area contributed by atoms with Crippen LogP contribution in [0, 0.1) is 5.92 Å². The minimum atomic E-state index is 0.352. The Morgan fingerprint density at radius 2 is 2.23 bits per heavy atom. The maximum Gasteiger partial charge on any atom is 0.222 e. The lowest BCUT2D eigenvalue weighted by atomic mass is 10.2. The van der Waals surface area contributed by atoms with E-state index < -0.39 is 0 Å². The summed E-state index contributed by atoms with van der Waals surface area (Å²) in [5.41, 5.74) is 0. The molecule has 0 aromatic rings. The molecule has 0 spiro atoms. The zero-order valence-electron chi connectivity index (χ0n) is 8.26. The molecule has 1 rings (SSSR count). The molecule has 13 heavy (non-hydrogen) atoms. The highest BCUT2D eigenvalue weighted by atomic mass is 79.9. The van der Waals surface area contributed by atoms with Crippen LogP contribution in [0.1, 0.15) is 32.6 Å². The fourth-order valence-electron chi connectivity index (χ4n) is 1.66. The molecular formula is C10H18BrNO. The first-order chi connectivity index (χ1) is 6.24. The fourth-order valence-corrected chi connectivity index (χ4v) is 1.86. The second-order valence-electron chi connectivity index (χ2n) is 3.91. The first kappa shape index (κ1) is 11.0. The van der Waals surface area contributed by atoms with Crippen LogP contribution < -0.4 is 0 Å². The second-order valence-corrected chi connectivity index (χ2v) is 4.56. The van der Waals surface area contributed by atoms with Crippen LogP contribution in [0.5, 0.6) is 0 Å². The number of rotatable bonds is 3. The Labute approximate surface area is 88.8 Å². The molecule has 2 nitrogen and oxygen atoms in total. The molecule has 0 aliphatic carbocycles. The second kappa shape index (κ2) is 5.63. The molecule has 3 heteroatoms. The van der Waals surface area contributed by atoms with Crippen molar-refractivity contribution in [2.24, 2.45) is 5.92 Å². The van der Waals surface area contributed by atoms with E-state index in [1.807, 2.05) is 4.90 Å². The monoisotopic (exact) mass is 247 g/mol. The number of alkyl halides is 1. The van der Waals surface area contributed by atoms with Crippen LogP contribution in [0.15, 0.2) is 0 Å². The molecule has 0 radical (unpaired) electrons. The smallest absolute Gasteiger partial charge is 0.222 e. The molecule has 1 amide bonds. The Bertz CT molecular complexity index is 172. The number of likely N-dealkylation sites (tertiary alicyclic amines) is 1. The van der Waals surface area contributed by atoms with Crippen molar-refractivity contribution in [2.75, 3.05) is 18.4 Å². The molecule has 0 saturated carbocycles. The third kappa shape index (κ3) is 3.67. The van der Waals surface area contributed by atoms with Crippen molar-refractivity contribution in [2.45, 2.75) is 32.6 Å². The van der Waals surface area contributed by atoms with Gasteiger partial charge in [-0.2, -0.15) is 0 Å². The van der Waals surface area contributed by atoms with E-state index >= 15 is 0 Å². The minimum absolute atomic E-state index is 0.352. The molecule has 1 unspecified atom stereocenters. The van der Waals surface area contributed by atoms with Gasteiger partial charge in [0, 0.05) is 24.8 Å². The lowest BCUT2D eigenvalue weighted by Crippen LogP contribution is -2.34. The van der Waals surface area contributed by atoms with Crippen LogP contribution in [0.25, 0.3) is 0 Å². The molecule has 0 N–H and O–H groups in total. The van der Waals surface area contributed by atoms with Gasteiger partial charge in [0.2, 0.25) is 5.91 Å². The number of hydrogen-bond donors (Lipinski definition) is 0. The molecule has 1 saturated heterocycles. The Hall–Kier alpha value is -0.0500. The summed E-state index contributed by atoms with van der Waals surface area (Å²) in [5, 5.41) is 0.983. The zero-order valence-corrected chi connectivity index (χ0v) is 9.85. The molecular weight excluding hydrogens is 230 g/mol. The number of carbonyl (C=O) groups is 1. The predicted molar refractivity (Wildman–Crippen MR) is 58.0 cm³/mol. The SMILES string of the molecule is CC(CBr)CN1CCCCCC1=O. The van der Waals surface area contributed by atoms with E-state index in [-0.39, 0.29) is 0 Å².